The highest BCUT2D eigenvalue weighted by molar-refractivity contribution is 5.24. The molecule has 0 aliphatic rings. The highest BCUT2D eigenvalue weighted by Crippen LogP contribution is 2.17. The van der Waals surface area contributed by atoms with E-state index in [1.165, 1.54) is 16.8 Å². The van der Waals surface area contributed by atoms with Gasteiger partial charge in [-0.05, 0) is 38.9 Å². The maximum absolute atomic E-state index is 4.55. The Kier molecular flexibility index (Phi) is 4.38. The summed E-state index contributed by atoms with van der Waals surface area (Å²) in [5.74, 6) is 0. The van der Waals surface area contributed by atoms with Crippen molar-refractivity contribution in [2.24, 2.45) is 0 Å². The Morgan fingerprint density at radius 3 is 2.37 bits per heavy atom. The monoisotopic (exact) mass is 257 g/mol. The lowest BCUT2D eigenvalue weighted by Crippen LogP contribution is -2.26. The third-order valence-electron chi connectivity index (χ3n) is 3.39. The minimum atomic E-state index is 0.309. The zero-order chi connectivity index (χ0) is 13.8. The fourth-order valence-corrected chi connectivity index (χ4v) is 2.37. The van der Waals surface area contributed by atoms with Crippen LogP contribution < -0.4 is 5.32 Å². The molecule has 19 heavy (non-hydrogen) atoms. The molecular weight excluding hydrogens is 234 g/mol. The van der Waals surface area contributed by atoms with Gasteiger partial charge in [0.1, 0.15) is 0 Å². The molecule has 0 fully saturated rings. The quantitative estimate of drug-likeness (QED) is 0.891. The Bertz CT molecular complexity index is 525. The second-order valence-electron chi connectivity index (χ2n) is 5.13. The van der Waals surface area contributed by atoms with Gasteiger partial charge in [-0.2, -0.15) is 5.10 Å². The van der Waals surface area contributed by atoms with Gasteiger partial charge in [0.15, 0.2) is 0 Å². The van der Waals surface area contributed by atoms with E-state index < -0.39 is 0 Å². The van der Waals surface area contributed by atoms with Crippen LogP contribution in [0.2, 0.25) is 0 Å². The van der Waals surface area contributed by atoms with Gasteiger partial charge in [-0.15, -0.1) is 0 Å². The van der Waals surface area contributed by atoms with E-state index in [9.17, 15) is 0 Å². The number of likely N-dealkylation sites (N-methyl/N-ethyl adjacent to an activating group) is 1. The lowest BCUT2D eigenvalue weighted by molar-refractivity contribution is 0.441. The van der Waals surface area contributed by atoms with Crippen LogP contribution in [0.4, 0.5) is 0 Å². The molecule has 1 aromatic heterocycles. The fraction of sp³-hybridized carbons (Fsp3) is 0.438. The van der Waals surface area contributed by atoms with Gasteiger partial charge in [-0.25, -0.2) is 0 Å². The number of hydrogen-bond acceptors (Lipinski definition) is 2. The number of aryl methyl sites for hydroxylation is 3. The van der Waals surface area contributed by atoms with Crippen LogP contribution in [0, 0.1) is 20.8 Å². The van der Waals surface area contributed by atoms with Gasteiger partial charge >= 0.3 is 0 Å². The van der Waals surface area contributed by atoms with E-state index >= 15 is 0 Å². The summed E-state index contributed by atoms with van der Waals surface area (Å²) in [6, 6.07) is 11.2. The Hall–Kier alpha value is -1.61. The molecular formula is C16H23N3. The first-order valence-electron chi connectivity index (χ1n) is 6.91. The number of hydrogen-bond donors (Lipinski definition) is 1. The molecule has 3 heteroatoms. The molecule has 1 N–H and O–H groups in total. The molecule has 0 amide bonds. The summed E-state index contributed by atoms with van der Waals surface area (Å²) in [7, 11) is 0. The summed E-state index contributed by atoms with van der Waals surface area (Å²) in [6.07, 6.45) is 0. The molecule has 0 spiro atoms. The van der Waals surface area contributed by atoms with Crippen molar-refractivity contribution >= 4 is 0 Å². The van der Waals surface area contributed by atoms with E-state index in [0.29, 0.717) is 6.04 Å². The SMILES string of the molecule is CCNC(Cn1nc(C)cc1C)c1ccc(C)cc1. The van der Waals surface area contributed by atoms with Crippen LogP contribution in [0.3, 0.4) is 0 Å². The van der Waals surface area contributed by atoms with Crippen molar-refractivity contribution in [1.29, 1.82) is 0 Å². The maximum Gasteiger partial charge on any atom is 0.0607 e. The van der Waals surface area contributed by atoms with Crippen molar-refractivity contribution in [2.75, 3.05) is 6.54 Å². The van der Waals surface area contributed by atoms with Crippen molar-refractivity contribution < 1.29 is 0 Å². The average Bonchev–Trinajstić information content (AvgIpc) is 2.68. The van der Waals surface area contributed by atoms with E-state index in [0.717, 1.165) is 18.8 Å². The van der Waals surface area contributed by atoms with Crippen LogP contribution in [-0.4, -0.2) is 16.3 Å². The largest absolute Gasteiger partial charge is 0.309 e. The van der Waals surface area contributed by atoms with Gasteiger partial charge < -0.3 is 5.32 Å². The van der Waals surface area contributed by atoms with Crippen molar-refractivity contribution in [1.82, 2.24) is 15.1 Å². The summed E-state index contributed by atoms with van der Waals surface area (Å²) in [4.78, 5) is 0. The van der Waals surface area contributed by atoms with E-state index in [-0.39, 0.29) is 0 Å². The van der Waals surface area contributed by atoms with Crippen LogP contribution in [-0.2, 0) is 6.54 Å². The molecule has 0 radical (unpaired) electrons. The minimum Gasteiger partial charge on any atom is -0.309 e. The van der Waals surface area contributed by atoms with Crippen molar-refractivity contribution in [3.05, 3.63) is 52.8 Å². The molecule has 0 aliphatic heterocycles. The number of benzene rings is 1. The van der Waals surface area contributed by atoms with Crippen molar-refractivity contribution in [3.8, 4) is 0 Å². The molecule has 2 aromatic rings. The van der Waals surface area contributed by atoms with E-state index in [4.69, 9.17) is 0 Å². The van der Waals surface area contributed by atoms with Gasteiger partial charge in [0.05, 0.1) is 18.3 Å². The Morgan fingerprint density at radius 2 is 1.84 bits per heavy atom. The molecule has 1 heterocycles. The third kappa shape index (κ3) is 3.44. The molecule has 1 unspecified atom stereocenters. The van der Waals surface area contributed by atoms with Crippen LogP contribution in [0.15, 0.2) is 30.3 Å². The zero-order valence-corrected chi connectivity index (χ0v) is 12.3. The Labute approximate surface area is 115 Å². The second kappa shape index (κ2) is 6.02. The molecule has 3 nitrogen and oxygen atoms in total. The van der Waals surface area contributed by atoms with Crippen LogP contribution >= 0.6 is 0 Å². The summed E-state index contributed by atoms with van der Waals surface area (Å²) in [5, 5.41) is 8.09. The van der Waals surface area contributed by atoms with Gasteiger partial charge in [0, 0.05) is 5.69 Å². The van der Waals surface area contributed by atoms with Crippen LogP contribution in [0.5, 0.6) is 0 Å². The smallest absolute Gasteiger partial charge is 0.0607 e. The third-order valence-corrected chi connectivity index (χ3v) is 3.39. The standard InChI is InChI=1S/C16H23N3/c1-5-17-16(15-8-6-12(2)7-9-15)11-19-14(4)10-13(3)18-19/h6-10,16-17H,5,11H2,1-4H3. The zero-order valence-electron chi connectivity index (χ0n) is 12.3. The first-order chi connectivity index (χ1) is 9.10. The summed E-state index contributed by atoms with van der Waals surface area (Å²) < 4.78 is 2.09. The number of nitrogens with one attached hydrogen (secondary N) is 1. The average molecular weight is 257 g/mol. The van der Waals surface area contributed by atoms with E-state index in [2.05, 4.69) is 66.2 Å². The lowest BCUT2D eigenvalue weighted by Gasteiger charge is -2.19. The molecule has 2 rings (SSSR count). The Balaban J connectivity index is 2.20. The number of nitrogens with zero attached hydrogens (tertiary/aromatic N) is 2. The highest BCUT2D eigenvalue weighted by Gasteiger charge is 2.12. The minimum absolute atomic E-state index is 0.309. The first kappa shape index (κ1) is 13.8. The van der Waals surface area contributed by atoms with Crippen LogP contribution in [0.25, 0.3) is 0 Å². The molecule has 0 saturated heterocycles. The van der Waals surface area contributed by atoms with E-state index in [1.54, 1.807) is 0 Å². The fourth-order valence-electron chi connectivity index (χ4n) is 2.37. The van der Waals surface area contributed by atoms with Gasteiger partial charge in [-0.1, -0.05) is 36.8 Å². The Morgan fingerprint density at radius 1 is 1.16 bits per heavy atom. The molecule has 1 atom stereocenters. The molecule has 1 aromatic carbocycles. The molecule has 0 aliphatic carbocycles. The van der Waals surface area contributed by atoms with Crippen LogP contribution in [0.1, 0.15) is 35.5 Å². The number of aromatic nitrogens is 2. The molecule has 0 bridgehead atoms. The summed E-state index contributed by atoms with van der Waals surface area (Å²) in [6.45, 7) is 10.2. The number of rotatable bonds is 5. The maximum atomic E-state index is 4.55. The summed E-state index contributed by atoms with van der Waals surface area (Å²) >= 11 is 0. The predicted octanol–water partition coefficient (Wildman–Crippen LogP) is 3.16. The van der Waals surface area contributed by atoms with Crippen molar-refractivity contribution in [2.45, 2.75) is 40.3 Å². The predicted molar refractivity (Wildman–Crippen MR) is 79.3 cm³/mol. The highest BCUT2D eigenvalue weighted by atomic mass is 15.3. The van der Waals surface area contributed by atoms with Gasteiger partial charge in [0.2, 0.25) is 0 Å². The lowest BCUT2D eigenvalue weighted by atomic mass is 10.1. The second-order valence-corrected chi connectivity index (χ2v) is 5.13. The topological polar surface area (TPSA) is 29.9 Å². The van der Waals surface area contributed by atoms with E-state index in [1.807, 2.05) is 6.92 Å². The molecule has 0 saturated carbocycles. The van der Waals surface area contributed by atoms with Gasteiger partial charge in [0.25, 0.3) is 0 Å². The van der Waals surface area contributed by atoms with Gasteiger partial charge in [-0.3, -0.25) is 4.68 Å². The summed E-state index contributed by atoms with van der Waals surface area (Å²) in [5.41, 5.74) is 4.91. The molecule has 102 valence electrons. The first-order valence-corrected chi connectivity index (χ1v) is 6.91. The normalized spacial score (nSPS) is 12.6. The van der Waals surface area contributed by atoms with Crippen molar-refractivity contribution in [3.63, 3.8) is 0 Å².